The fourth-order valence-corrected chi connectivity index (χ4v) is 6.03. The molecule has 0 bridgehead atoms. The highest BCUT2D eigenvalue weighted by molar-refractivity contribution is 7.47. The van der Waals surface area contributed by atoms with Gasteiger partial charge in [0.2, 0.25) is 5.91 Å². The number of carbonyl (C=O) groups excluding carboxylic acids is 2. The third-order valence-corrected chi connectivity index (χ3v) is 9.31. The van der Waals surface area contributed by atoms with Gasteiger partial charge in [0.1, 0.15) is 12.7 Å². The molecule has 0 spiro atoms. The zero-order valence-electron chi connectivity index (χ0n) is 31.8. The Labute approximate surface area is 305 Å². The van der Waals surface area contributed by atoms with Gasteiger partial charge in [-0.25, -0.2) is 4.57 Å². The molecule has 0 heterocycles. The molecule has 50 heavy (non-hydrogen) atoms. The number of aliphatic hydroxyl groups is 1. The number of phosphoric acid groups is 1. The molecule has 0 aliphatic heterocycles. The standard InChI is InChI=1S/C40H74NO8P/c1-3-5-7-9-11-13-14-15-16-17-18-19-20-21-22-23-24-25-26-28-30-32-39(43)41-34-35-48-50(45,46)49-37-38(42)36-47-40(44)33-31-29-27-12-10-8-6-4-2/h11,13,15-16,18-19,38,42H,3-10,12,14,17,20-37H2,1-2H3,(H,41,43)(H,45,46)/b13-11-,16-15-,19-18-. The quantitative estimate of drug-likeness (QED) is 0.0249. The van der Waals surface area contributed by atoms with Crippen LogP contribution in [0.2, 0.25) is 0 Å². The van der Waals surface area contributed by atoms with E-state index >= 15 is 0 Å². The lowest BCUT2D eigenvalue weighted by molar-refractivity contribution is -0.147. The van der Waals surface area contributed by atoms with Gasteiger partial charge in [-0.15, -0.1) is 0 Å². The number of ether oxygens (including phenoxy) is 1. The van der Waals surface area contributed by atoms with E-state index in [1.165, 1.54) is 89.9 Å². The summed E-state index contributed by atoms with van der Waals surface area (Å²) in [5.74, 6) is -0.528. The summed E-state index contributed by atoms with van der Waals surface area (Å²) in [6.07, 6.45) is 39.4. The molecule has 0 saturated carbocycles. The molecule has 9 nitrogen and oxygen atoms in total. The van der Waals surface area contributed by atoms with Gasteiger partial charge < -0.3 is 20.1 Å². The Morgan fingerprint density at radius 1 is 0.620 bits per heavy atom. The van der Waals surface area contributed by atoms with Crippen LogP contribution < -0.4 is 5.32 Å². The number of unbranched alkanes of at least 4 members (excludes halogenated alkanes) is 18. The molecule has 2 atom stereocenters. The molecule has 0 aromatic carbocycles. The van der Waals surface area contributed by atoms with E-state index in [-0.39, 0.29) is 32.1 Å². The van der Waals surface area contributed by atoms with Gasteiger partial charge in [-0.05, 0) is 51.4 Å². The van der Waals surface area contributed by atoms with Crippen molar-refractivity contribution in [1.82, 2.24) is 5.32 Å². The second-order valence-electron chi connectivity index (χ2n) is 13.3. The topological polar surface area (TPSA) is 131 Å². The van der Waals surface area contributed by atoms with Crippen LogP contribution in [-0.4, -0.2) is 54.3 Å². The fraction of sp³-hybridized carbons (Fsp3) is 0.800. The molecule has 0 fully saturated rings. The Balaban J connectivity index is 3.60. The Kier molecular flexibility index (Phi) is 35.7. The predicted molar refractivity (Wildman–Crippen MR) is 206 cm³/mol. The second kappa shape index (κ2) is 37.0. The van der Waals surface area contributed by atoms with Crippen molar-refractivity contribution >= 4 is 19.7 Å². The van der Waals surface area contributed by atoms with Gasteiger partial charge >= 0.3 is 13.8 Å². The van der Waals surface area contributed by atoms with Crippen molar-refractivity contribution in [2.75, 3.05) is 26.4 Å². The van der Waals surface area contributed by atoms with Gasteiger partial charge in [-0.1, -0.05) is 147 Å². The lowest BCUT2D eigenvalue weighted by Gasteiger charge is -2.15. The Morgan fingerprint density at radius 3 is 1.66 bits per heavy atom. The minimum absolute atomic E-state index is 0.0778. The molecule has 3 N–H and O–H groups in total. The number of amides is 1. The first-order valence-electron chi connectivity index (χ1n) is 20.0. The monoisotopic (exact) mass is 728 g/mol. The van der Waals surface area contributed by atoms with Crippen LogP contribution in [0.25, 0.3) is 0 Å². The van der Waals surface area contributed by atoms with Crippen molar-refractivity contribution in [2.24, 2.45) is 0 Å². The number of esters is 1. The van der Waals surface area contributed by atoms with Gasteiger partial charge in [0.05, 0.1) is 13.2 Å². The van der Waals surface area contributed by atoms with Gasteiger partial charge in [-0.3, -0.25) is 18.6 Å². The number of hydrogen-bond acceptors (Lipinski definition) is 7. The minimum atomic E-state index is -4.41. The van der Waals surface area contributed by atoms with E-state index in [0.717, 1.165) is 57.8 Å². The van der Waals surface area contributed by atoms with Crippen LogP contribution in [0.15, 0.2) is 36.5 Å². The first kappa shape index (κ1) is 48.2. The minimum Gasteiger partial charge on any atom is -0.463 e. The molecule has 2 unspecified atom stereocenters. The van der Waals surface area contributed by atoms with E-state index in [4.69, 9.17) is 13.8 Å². The van der Waals surface area contributed by atoms with Gasteiger partial charge in [0, 0.05) is 19.4 Å². The van der Waals surface area contributed by atoms with Crippen LogP contribution in [0.4, 0.5) is 0 Å². The van der Waals surface area contributed by atoms with Crippen LogP contribution in [0, 0.1) is 0 Å². The lowest BCUT2D eigenvalue weighted by atomic mass is 10.1. The van der Waals surface area contributed by atoms with E-state index in [9.17, 15) is 24.2 Å². The maximum absolute atomic E-state index is 12.0. The molecule has 0 aliphatic carbocycles. The maximum Gasteiger partial charge on any atom is 0.472 e. The normalized spacial score (nSPS) is 13.8. The highest BCUT2D eigenvalue weighted by atomic mass is 31.2. The van der Waals surface area contributed by atoms with E-state index in [0.29, 0.717) is 6.42 Å². The molecule has 0 saturated heterocycles. The Morgan fingerprint density at radius 2 is 1.08 bits per heavy atom. The second-order valence-corrected chi connectivity index (χ2v) is 14.7. The first-order valence-corrected chi connectivity index (χ1v) is 21.5. The number of phosphoric ester groups is 1. The van der Waals surface area contributed by atoms with Gasteiger partial charge in [0.25, 0.3) is 0 Å². The smallest absolute Gasteiger partial charge is 0.463 e. The summed E-state index contributed by atoms with van der Waals surface area (Å²) >= 11 is 0. The Hall–Kier alpha value is -1.77. The number of carbonyl (C=O) groups is 2. The van der Waals surface area contributed by atoms with Crippen LogP contribution in [0.1, 0.15) is 174 Å². The molecule has 10 heteroatoms. The summed E-state index contributed by atoms with van der Waals surface area (Å²) in [5, 5.41) is 12.6. The SMILES string of the molecule is CCCCC/C=C\C/C=C\C/C=C\CCCCCCCCCCC(=O)NCCOP(=O)(O)OCC(O)COC(=O)CCCCCCCCCC. The van der Waals surface area contributed by atoms with E-state index < -0.39 is 26.5 Å². The largest absolute Gasteiger partial charge is 0.472 e. The third kappa shape index (κ3) is 37.5. The van der Waals surface area contributed by atoms with Gasteiger partial charge in [0.15, 0.2) is 0 Å². The van der Waals surface area contributed by atoms with E-state index in [1.54, 1.807) is 0 Å². The molecule has 0 rings (SSSR count). The van der Waals surface area contributed by atoms with Crippen LogP contribution in [0.3, 0.4) is 0 Å². The number of aliphatic hydroxyl groups excluding tert-OH is 1. The summed E-state index contributed by atoms with van der Waals surface area (Å²) in [4.78, 5) is 33.7. The molecule has 0 aromatic heterocycles. The zero-order chi connectivity index (χ0) is 36.8. The fourth-order valence-electron chi connectivity index (χ4n) is 5.27. The number of allylic oxidation sites excluding steroid dienone is 6. The predicted octanol–water partition coefficient (Wildman–Crippen LogP) is 10.6. The van der Waals surface area contributed by atoms with Crippen LogP contribution in [0.5, 0.6) is 0 Å². The molecular weight excluding hydrogens is 653 g/mol. The highest BCUT2D eigenvalue weighted by Crippen LogP contribution is 2.42. The summed E-state index contributed by atoms with van der Waals surface area (Å²) in [7, 11) is -4.41. The Bertz CT molecular complexity index is 923. The number of rotatable bonds is 37. The number of hydrogen-bond donors (Lipinski definition) is 3. The number of nitrogens with one attached hydrogen (secondary N) is 1. The average Bonchev–Trinajstić information content (AvgIpc) is 3.10. The summed E-state index contributed by atoms with van der Waals surface area (Å²) in [6, 6.07) is 0. The van der Waals surface area contributed by atoms with E-state index in [1.807, 2.05) is 0 Å². The van der Waals surface area contributed by atoms with Crippen LogP contribution >= 0.6 is 7.82 Å². The summed E-state index contributed by atoms with van der Waals surface area (Å²) < 4.78 is 26.7. The molecule has 0 aromatic rings. The van der Waals surface area contributed by atoms with Crippen molar-refractivity contribution in [3.63, 3.8) is 0 Å². The molecule has 292 valence electrons. The highest BCUT2D eigenvalue weighted by Gasteiger charge is 2.23. The average molecular weight is 728 g/mol. The molecular formula is C40H74NO8P. The molecule has 0 radical (unpaired) electrons. The molecule has 1 amide bonds. The third-order valence-electron chi connectivity index (χ3n) is 8.32. The first-order chi connectivity index (χ1) is 24.3. The van der Waals surface area contributed by atoms with Crippen molar-refractivity contribution in [3.05, 3.63) is 36.5 Å². The summed E-state index contributed by atoms with van der Waals surface area (Å²) in [6.45, 7) is 3.47. The lowest BCUT2D eigenvalue weighted by Crippen LogP contribution is -2.27. The molecule has 0 aliphatic rings. The van der Waals surface area contributed by atoms with Crippen molar-refractivity contribution in [2.45, 2.75) is 180 Å². The maximum atomic E-state index is 12.0. The summed E-state index contributed by atoms with van der Waals surface area (Å²) in [5.41, 5.74) is 0. The van der Waals surface area contributed by atoms with Gasteiger partial charge in [-0.2, -0.15) is 0 Å². The van der Waals surface area contributed by atoms with E-state index in [2.05, 4.69) is 55.6 Å². The van der Waals surface area contributed by atoms with Crippen molar-refractivity contribution in [3.8, 4) is 0 Å². The van der Waals surface area contributed by atoms with Crippen molar-refractivity contribution in [1.29, 1.82) is 0 Å². The zero-order valence-corrected chi connectivity index (χ0v) is 32.7. The van der Waals surface area contributed by atoms with Crippen LogP contribution in [-0.2, 0) is 27.9 Å². The van der Waals surface area contributed by atoms with Crippen molar-refractivity contribution < 1.29 is 37.9 Å².